The standard InChI is InChI=1S/C16H10ClN3O/c17-13-3-1-2-4-15(13)21-11-5-6-14-12(7-11)16(19)10(8-18)9-20-14/h1-7,9H,(H2,19,20). The molecule has 2 N–H and O–H groups in total. The van der Waals surface area contributed by atoms with Crippen LogP contribution in [0.3, 0.4) is 0 Å². The third-order valence-corrected chi connectivity index (χ3v) is 3.38. The van der Waals surface area contributed by atoms with Crippen LogP contribution in [0.25, 0.3) is 10.9 Å². The van der Waals surface area contributed by atoms with Gasteiger partial charge in [-0.15, -0.1) is 0 Å². The molecule has 0 amide bonds. The summed E-state index contributed by atoms with van der Waals surface area (Å²) in [4.78, 5) is 4.19. The second-order valence-corrected chi connectivity index (χ2v) is 4.82. The second-order valence-electron chi connectivity index (χ2n) is 4.41. The zero-order valence-corrected chi connectivity index (χ0v) is 11.6. The zero-order valence-electron chi connectivity index (χ0n) is 10.9. The summed E-state index contributed by atoms with van der Waals surface area (Å²) in [6, 6.07) is 14.5. The number of nitrogens with two attached hydrogens (primary N) is 1. The number of fused-ring (bicyclic) bond motifs is 1. The van der Waals surface area contributed by atoms with Crippen LogP contribution in [0, 0.1) is 11.3 Å². The summed E-state index contributed by atoms with van der Waals surface area (Å²) in [5, 5.41) is 10.2. The number of pyridine rings is 1. The number of hydrogen-bond donors (Lipinski definition) is 1. The van der Waals surface area contributed by atoms with E-state index in [2.05, 4.69) is 4.98 Å². The molecular formula is C16H10ClN3O. The number of nitrogens with zero attached hydrogens (tertiary/aromatic N) is 2. The number of ether oxygens (including phenoxy) is 1. The summed E-state index contributed by atoms with van der Waals surface area (Å²) in [6.07, 6.45) is 1.46. The molecule has 4 nitrogen and oxygen atoms in total. The van der Waals surface area contributed by atoms with Gasteiger partial charge in [0.15, 0.2) is 0 Å². The molecule has 0 bridgehead atoms. The van der Waals surface area contributed by atoms with Crippen molar-refractivity contribution >= 4 is 28.2 Å². The highest BCUT2D eigenvalue weighted by Gasteiger charge is 2.08. The number of para-hydroxylation sites is 1. The summed E-state index contributed by atoms with van der Waals surface area (Å²) in [5.41, 5.74) is 7.42. The number of nitriles is 1. The maximum absolute atomic E-state index is 9.00. The molecular weight excluding hydrogens is 286 g/mol. The van der Waals surface area contributed by atoms with Crippen LogP contribution in [0.15, 0.2) is 48.7 Å². The summed E-state index contributed by atoms with van der Waals surface area (Å²) in [5.74, 6) is 1.14. The van der Waals surface area contributed by atoms with E-state index in [9.17, 15) is 0 Å². The molecule has 1 aromatic heterocycles. The zero-order chi connectivity index (χ0) is 14.8. The Morgan fingerprint density at radius 2 is 2.00 bits per heavy atom. The second kappa shape index (κ2) is 5.31. The molecule has 102 valence electrons. The molecule has 0 spiro atoms. The van der Waals surface area contributed by atoms with Crippen LogP contribution in [0.5, 0.6) is 11.5 Å². The predicted octanol–water partition coefficient (Wildman–Crippen LogP) is 4.13. The van der Waals surface area contributed by atoms with Crippen molar-refractivity contribution in [1.29, 1.82) is 5.26 Å². The first kappa shape index (κ1) is 13.2. The molecule has 0 fully saturated rings. The fourth-order valence-corrected chi connectivity index (χ4v) is 2.17. The third kappa shape index (κ3) is 2.47. The van der Waals surface area contributed by atoms with Gasteiger partial charge in [0.1, 0.15) is 17.6 Å². The van der Waals surface area contributed by atoms with E-state index in [-0.39, 0.29) is 0 Å². The minimum absolute atomic E-state index is 0.345. The first-order valence-corrected chi connectivity index (χ1v) is 6.57. The fraction of sp³-hybridized carbons (Fsp3) is 0. The predicted molar refractivity (Wildman–Crippen MR) is 82.4 cm³/mol. The van der Waals surface area contributed by atoms with Gasteiger partial charge in [-0.25, -0.2) is 0 Å². The van der Waals surface area contributed by atoms with Gasteiger partial charge in [0.2, 0.25) is 0 Å². The van der Waals surface area contributed by atoms with Gasteiger partial charge < -0.3 is 10.5 Å². The van der Waals surface area contributed by atoms with E-state index >= 15 is 0 Å². The molecule has 1 heterocycles. The molecule has 0 aliphatic heterocycles. The Labute approximate surface area is 126 Å². The normalized spacial score (nSPS) is 10.3. The monoisotopic (exact) mass is 295 g/mol. The first-order chi connectivity index (χ1) is 10.2. The number of nitrogen functional groups attached to an aromatic ring is 1. The third-order valence-electron chi connectivity index (χ3n) is 3.07. The van der Waals surface area contributed by atoms with Crippen LogP contribution in [0.1, 0.15) is 5.56 Å². The summed E-state index contributed by atoms with van der Waals surface area (Å²) in [6.45, 7) is 0. The molecule has 0 saturated carbocycles. The minimum atomic E-state index is 0.345. The van der Waals surface area contributed by atoms with Crippen LogP contribution in [0.2, 0.25) is 5.02 Å². The van der Waals surface area contributed by atoms with Crippen molar-refractivity contribution in [3.8, 4) is 17.6 Å². The van der Waals surface area contributed by atoms with Crippen molar-refractivity contribution < 1.29 is 4.74 Å². The van der Waals surface area contributed by atoms with E-state index in [0.29, 0.717) is 38.7 Å². The molecule has 0 unspecified atom stereocenters. The Hall–Kier alpha value is -2.77. The summed E-state index contributed by atoms with van der Waals surface area (Å²) < 4.78 is 5.75. The van der Waals surface area contributed by atoms with Crippen molar-refractivity contribution in [2.45, 2.75) is 0 Å². The molecule has 21 heavy (non-hydrogen) atoms. The van der Waals surface area contributed by atoms with E-state index < -0.39 is 0 Å². The highest BCUT2D eigenvalue weighted by atomic mass is 35.5. The molecule has 5 heteroatoms. The Morgan fingerprint density at radius 3 is 2.76 bits per heavy atom. The average molecular weight is 296 g/mol. The SMILES string of the molecule is N#Cc1cnc2ccc(Oc3ccccc3Cl)cc2c1N. The Morgan fingerprint density at radius 1 is 1.19 bits per heavy atom. The number of rotatable bonds is 2. The molecule has 0 radical (unpaired) electrons. The van der Waals surface area contributed by atoms with E-state index in [1.165, 1.54) is 6.20 Å². The van der Waals surface area contributed by atoms with Crippen LogP contribution >= 0.6 is 11.6 Å². The maximum atomic E-state index is 9.00. The van der Waals surface area contributed by atoms with E-state index in [0.717, 1.165) is 0 Å². The van der Waals surface area contributed by atoms with Gasteiger partial charge in [0.05, 0.1) is 21.8 Å². The van der Waals surface area contributed by atoms with Gasteiger partial charge in [-0.05, 0) is 30.3 Å². The summed E-state index contributed by atoms with van der Waals surface area (Å²) in [7, 11) is 0. The topological polar surface area (TPSA) is 71.9 Å². The van der Waals surface area contributed by atoms with Gasteiger partial charge in [-0.1, -0.05) is 23.7 Å². The van der Waals surface area contributed by atoms with Crippen LogP contribution in [-0.4, -0.2) is 4.98 Å². The van der Waals surface area contributed by atoms with Crippen molar-refractivity contribution in [3.05, 3.63) is 59.2 Å². The van der Waals surface area contributed by atoms with Gasteiger partial charge >= 0.3 is 0 Å². The van der Waals surface area contributed by atoms with Gasteiger partial charge in [-0.3, -0.25) is 4.98 Å². The van der Waals surface area contributed by atoms with Crippen LogP contribution < -0.4 is 10.5 Å². The van der Waals surface area contributed by atoms with Crippen molar-refractivity contribution in [3.63, 3.8) is 0 Å². The largest absolute Gasteiger partial charge is 0.456 e. The maximum Gasteiger partial charge on any atom is 0.146 e. The van der Waals surface area contributed by atoms with Crippen molar-refractivity contribution in [1.82, 2.24) is 4.98 Å². The first-order valence-electron chi connectivity index (χ1n) is 6.20. The van der Waals surface area contributed by atoms with E-state index in [1.54, 1.807) is 30.3 Å². The van der Waals surface area contributed by atoms with Gasteiger partial charge in [0, 0.05) is 11.6 Å². The quantitative estimate of drug-likeness (QED) is 0.771. The van der Waals surface area contributed by atoms with E-state index in [4.69, 9.17) is 27.3 Å². The number of anilines is 1. The lowest BCUT2D eigenvalue weighted by Gasteiger charge is -2.09. The molecule has 0 aliphatic carbocycles. The van der Waals surface area contributed by atoms with Crippen molar-refractivity contribution in [2.75, 3.05) is 5.73 Å². The summed E-state index contributed by atoms with van der Waals surface area (Å²) >= 11 is 6.07. The number of halogens is 1. The Balaban J connectivity index is 2.07. The lowest BCUT2D eigenvalue weighted by molar-refractivity contribution is 0.483. The lowest BCUT2D eigenvalue weighted by atomic mass is 10.1. The van der Waals surface area contributed by atoms with Crippen LogP contribution in [0.4, 0.5) is 5.69 Å². The molecule has 3 rings (SSSR count). The molecule has 0 saturated heterocycles. The van der Waals surface area contributed by atoms with Crippen LogP contribution in [-0.2, 0) is 0 Å². The highest BCUT2D eigenvalue weighted by Crippen LogP contribution is 2.32. The van der Waals surface area contributed by atoms with Gasteiger partial charge in [-0.2, -0.15) is 5.26 Å². The minimum Gasteiger partial charge on any atom is -0.456 e. The Kier molecular flexibility index (Phi) is 3.35. The Bertz CT molecular complexity index is 871. The smallest absolute Gasteiger partial charge is 0.146 e. The molecule has 0 atom stereocenters. The number of aromatic nitrogens is 1. The highest BCUT2D eigenvalue weighted by molar-refractivity contribution is 6.32. The molecule has 2 aromatic carbocycles. The number of hydrogen-bond acceptors (Lipinski definition) is 4. The average Bonchev–Trinajstić information content (AvgIpc) is 2.50. The molecule has 3 aromatic rings. The molecule has 0 aliphatic rings. The van der Waals surface area contributed by atoms with Gasteiger partial charge in [0.25, 0.3) is 0 Å². The van der Waals surface area contributed by atoms with E-state index in [1.807, 2.05) is 18.2 Å². The van der Waals surface area contributed by atoms with Crippen molar-refractivity contribution in [2.24, 2.45) is 0 Å². The number of benzene rings is 2. The fourth-order valence-electron chi connectivity index (χ4n) is 2.00. The lowest BCUT2D eigenvalue weighted by Crippen LogP contribution is -1.94.